The lowest BCUT2D eigenvalue weighted by atomic mass is 9.83. The van der Waals surface area contributed by atoms with E-state index in [-0.39, 0.29) is 18.3 Å². The zero-order valence-corrected chi connectivity index (χ0v) is 20.4. The monoisotopic (exact) mass is 454 g/mol. The summed E-state index contributed by atoms with van der Waals surface area (Å²) in [6.45, 7) is 9.43. The molecule has 0 bridgehead atoms. The molecule has 0 radical (unpaired) electrons. The van der Waals surface area contributed by atoms with Crippen LogP contribution in [0.2, 0.25) is 0 Å². The number of hydrogen-bond donors (Lipinski definition) is 0. The molecule has 0 aliphatic carbocycles. The molecule has 1 aliphatic rings. The lowest BCUT2D eigenvalue weighted by molar-refractivity contribution is -0.306. The second-order valence-corrected chi connectivity index (χ2v) is 9.90. The van der Waals surface area contributed by atoms with Gasteiger partial charge in [0.05, 0.1) is 31.5 Å². The first-order chi connectivity index (χ1) is 15.8. The molecule has 0 N–H and O–H groups in total. The molecule has 0 aromatic heterocycles. The number of carbonyl (C=O) groups excluding carboxylic acids is 1. The van der Waals surface area contributed by atoms with Gasteiger partial charge in [0.2, 0.25) is 0 Å². The maximum absolute atomic E-state index is 11.8. The molecule has 1 aliphatic heterocycles. The standard InChI is InChI=1S/C28H38O5/c1-27(2,21-29)26(31-20-23-13-9-6-10-14-23)18-25-17-24(32-28(3,4)33-25)15-16-30-19-22-11-7-5-8-12-22/h5-14,21,24-26H,15-20H2,1-4H3/t24-,25+,26-/m0/s1. The van der Waals surface area contributed by atoms with Gasteiger partial charge < -0.3 is 23.7 Å². The molecule has 3 rings (SSSR count). The highest BCUT2D eigenvalue weighted by molar-refractivity contribution is 5.59. The van der Waals surface area contributed by atoms with Gasteiger partial charge in [0, 0.05) is 24.9 Å². The third-order valence-electron chi connectivity index (χ3n) is 6.03. The Kier molecular flexibility index (Phi) is 9.21. The van der Waals surface area contributed by atoms with Gasteiger partial charge in [-0.3, -0.25) is 0 Å². The van der Waals surface area contributed by atoms with Gasteiger partial charge in [0.25, 0.3) is 0 Å². The van der Waals surface area contributed by atoms with Crippen LogP contribution >= 0.6 is 0 Å². The topological polar surface area (TPSA) is 54.0 Å². The largest absolute Gasteiger partial charge is 0.377 e. The van der Waals surface area contributed by atoms with E-state index in [0.29, 0.717) is 26.2 Å². The predicted molar refractivity (Wildman–Crippen MR) is 129 cm³/mol. The van der Waals surface area contributed by atoms with Gasteiger partial charge in [-0.05, 0) is 31.4 Å². The van der Waals surface area contributed by atoms with Crippen molar-refractivity contribution in [1.29, 1.82) is 0 Å². The Morgan fingerprint density at radius 3 is 2.15 bits per heavy atom. The van der Waals surface area contributed by atoms with E-state index >= 15 is 0 Å². The summed E-state index contributed by atoms with van der Waals surface area (Å²) in [7, 11) is 0. The van der Waals surface area contributed by atoms with Crippen molar-refractivity contribution in [2.45, 2.75) is 84.3 Å². The zero-order chi connectivity index (χ0) is 23.7. The molecule has 0 saturated carbocycles. The van der Waals surface area contributed by atoms with Crippen LogP contribution in [0.25, 0.3) is 0 Å². The third kappa shape index (κ3) is 8.35. The van der Waals surface area contributed by atoms with Crippen LogP contribution in [0.15, 0.2) is 60.7 Å². The average molecular weight is 455 g/mol. The van der Waals surface area contributed by atoms with Gasteiger partial charge >= 0.3 is 0 Å². The molecule has 2 aromatic carbocycles. The van der Waals surface area contributed by atoms with Gasteiger partial charge in [-0.15, -0.1) is 0 Å². The predicted octanol–water partition coefficient (Wildman–Crippen LogP) is 5.70. The van der Waals surface area contributed by atoms with E-state index in [9.17, 15) is 4.79 Å². The summed E-state index contributed by atoms with van der Waals surface area (Å²) in [5.74, 6) is -0.692. The van der Waals surface area contributed by atoms with Gasteiger partial charge in [-0.1, -0.05) is 74.5 Å². The Morgan fingerprint density at radius 2 is 1.55 bits per heavy atom. The fourth-order valence-corrected chi connectivity index (χ4v) is 4.19. The van der Waals surface area contributed by atoms with E-state index in [4.69, 9.17) is 18.9 Å². The maximum Gasteiger partial charge on any atom is 0.163 e. The number of rotatable bonds is 12. The van der Waals surface area contributed by atoms with Crippen molar-refractivity contribution in [3.63, 3.8) is 0 Å². The van der Waals surface area contributed by atoms with Crippen molar-refractivity contribution >= 4 is 6.29 Å². The minimum Gasteiger partial charge on any atom is -0.377 e. The van der Waals surface area contributed by atoms with Crippen molar-refractivity contribution in [2.75, 3.05) is 6.61 Å². The fourth-order valence-electron chi connectivity index (χ4n) is 4.19. The first kappa shape index (κ1) is 25.6. The summed E-state index contributed by atoms with van der Waals surface area (Å²) in [6, 6.07) is 20.2. The number of benzene rings is 2. The number of aldehydes is 1. The molecule has 0 amide bonds. The number of hydrogen-bond acceptors (Lipinski definition) is 5. The van der Waals surface area contributed by atoms with Gasteiger partial charge in [-0.2, -0.15) is 0 Å². The smallest absolute Gasteiger partial charge is 0.163 e. The van der Waals surface area contributed by atoms with Crippen LogP contribution in [0.3, 0.4) is 0 Å². The van der Waals surface area contributed by atoms with Gasteiger partial charge in [-0.25, -0.2) is 0 Å². The lowest BCUT2D eigenvalue weighted by Gasteiger charge is -2.43. The van der Waals surface area contributed by atoms with Crippen molar-refractivity contribution in [3.05, 3.63) is 71.8 Å². The van der Waals surface area contributed by atoms with Crippen LogP contribution in [0, 0.1) is 5.41 Å². The highest BCUT2D eigenvalue weighted by Gasteiger charge is 2.39. The van der Waals surface area contributed by atoms with E-state index in [1.165, 1.54) is 0 Å². The molecule has 1 saturated heterocycles. The van der Waals surface area contributed by atoms with Crippen molar-refractivity contribution < 1.29 is 23.7 Å². The Bertz CT molecular complexity index is 834. The third-order valence-corrected chi connectivity index (χ3v) is 6.03. The van der Waals surface area contributed by atoms with Crippen LogP contribution < -0.4 is 0 Å². The van der Waals surface area contributed by atoms with E-state index in [1.54, 1.807) is 0 Å². The Labute approximate surface area is 198 Å². The number of ether oxygens (including phenoxy) is 4. The maximum atomic E-state index is 11.8. The summed E-state index contributed by atoms with van der Waals surface area (Å²) >= 11 is 0. The van der Waals surface area contributed by atoms with Gasteiger partial charge in [0.1, 0.15) is 6.29 Å². The fraction of sp³-hybridized carbons (Fsp3) is 0.536. The second-order valence-electron chi connectivity index (χ2n) is 9.90. The van der Waals surface area contributed by atoms with Crippen LogP contribution in [0.4, 0.5) is 0 Å². The molecule has 1 fully saturated rings. The normalized spacial score (nSPS) is 21.5. The molecular formula is C28H38O5. The van der Waals surface area contributed by atoms with E-state index in [1.807, 2.05) is 76.2 Å². The highest BCUT2D eigenvalue weighted by atomic mass is 16.7. The first-order valence-electron chi connectivity index (χ1n) is 11.9. The minimum atomic E-state index is -0.692. The molecule has 0 unspecified atom stereocenters. The Balaban J connectivity index is 1.56. The van der Waals surface area contributed by atoms with Crippen LogP contribution in [0.5, 0.6) is 0 Å². The summed E-state index contributed by atoms with van der Waals surface area (Å²) in [5, 5.41) is 0. The molecule has 0 spiro atoms. The van der Waals surface area contributed by atoms with E-state index < -0.39 is 11.2 Å². The zero-order valence-electron chi connectivity index (χ0n) is 20.4. The lowest BCUT2D eigenvalue weighted by Crippen LogP contribution is -2.47. The number of carbonyl (C=O) groups is 1. The van der Waals surface area contributed by atoms with Crippen LogP contribution in [-0.4, -0.2) is 37.0 Å². The molecule has 5 nitrogen and oxygen atoms in total. The summed E-state index contributed by atoms with van der Waals surface area (Å²) in [6.07, 6.45) is 2.87. The summed E-state index contributed by atoms with van der Waals surface area (Å²) in [5.41, 5.74) is 1.64. The molecule has 5 heteroatoms. The molecule has 180 valence electrons. The molecule has 2 aromatic rings. The van der Waals surface area contributed by atoms with E-state index in [2.05, 4.69) is 12.1 Å². The van der Waals surface area contributed by atoms with Crippen molar-refractivity contribution in [3.8, 4) is 0 Å². The van der Waals surface area contributed by atoms with Crippen molar-refractivity contribution in [1.82, 2.24) is 0 Å². The van der Waals surface area contributed by atoms with Crippen molar-refractivity contribution in [2.24, 2.45) is 5.41 Å². The molecule has 1 heterocycles. The second kappa shape index (κ2) is 11.9. The quantitative estimate of drug-likeness (QED) is 0.304. The summed E-state index contributed by atoms with van der Waals surface area (Å²) in [4.78, 5) is 11.8. The molecule has 33 heavy (non-hydrogen) atoms. The van der Waals surface area contributed by atoms with Crippen LogP contribution in [-0.2, 0) is 37.0 Å². The van der Waals surface area contributed by atoms with Gasteiger partial charge in [0.15, 0.2) is 5.79 Å². The molecular weight excluding hydrogens is 416 g/mol. The minimum absolute atomic E-state index is 0.0311. The summed E-state index contributed by atoms with van der Waals surface area (Å²) < 4.78 is 24.5. The Morgan fingerprint density at radius 1 is 0.970 bits per heavy atom. The van der Waals surface area contributed by atoms with Crippen LogP contribution in [0.1, 0.15) is 58.1 Å². The SMILES string of the molecule is CC1(C)O[C@@H](C[C@H](OCc2ccccc2)C(C)(C)C=O)C[C@H](CCOCc2ccccc2)O1. The molecule has 3 atom stereocenters. The Hall–Kier alpha value is -2.05. The highest BCUT2D eigenvalue weighted by Crippen LogP contribution is 2.34. The average Bonchev–Trinajstić information content (AvgIpc) is 2.80. The first-order valence-corrected chi connectivity index (χ1v) is 11.9. The van der Waals surface area contributed by atoms with E-state index in [0.717, 1.165) is 30.3 Å².